The van der Waals surface area contributed by atoms with E-state index in [0.29, 0.717) is 24.3 Å². The molecule has 2 heterocycles. The highest BCUT2D eigenvalue weighted by Crippen LogP contribution is 2.49. The number of hydrogen-bond donors (Lipinski definition) is 1. The fourth-order valence-electron chi connectivity index (χ4n) is 6.61. The average Bonchev–Trinajstić information content (AvgIpc) is 3.38. The fraction of sp³-hybridized carbons (Fsp3) is 0.448. The van der Waals surface area contributed by atoms with E-state index in [1.54, 1.807) is 6.07 Å². The number of aryl methyl sites for hydroxylation is 1. The van der Waals surface area contributed by atoms with Crippen LogP contribution in [0, 0.1) is 5.92 Å². The van der Waals surface area contributed by atoms with Crippen LogP contribution in [0.4, 0.5) is 0 Å². The number of likely N-dealkylation sites (tertiary alicyclic amines) is 1. The zero-order chi connectivity index (χ0) is 24.0. The van der Waals surface area contributed by atoms with Crippen molar-refractivity contribution in [3.8, 4) is 5.75 Å². The van der Waals surface area contributed by atoms with E-state index in [0.717, 1.165) is 67.0 Å². The topological polar surface area (TPSA) is 80.0 Å². The van der Waals surface area contributed by atoms with Gasteiger partial charge in [0, 0.05) is 29.5 Å². The van der Waals surface area contributed by atoms with Crippen molar-refractivity contribution in [2.75, 3.05) is 13.2 Å². The fourth-order valence-corrected chi connectivity index (χ4v) is 6.61. The summed E-state index contributed by atoms with van der Waals surface area (Å²) in [7, 11) is 0. The lowest BCUT2D eigenvalue weighted by Gasteiger charge is -2.52. The van der Waals surface area contributed by atoms with Gasteiger partial charge in [-0.3, -0.25) is 4.79 Å². The highest BCUT2D eigenvalue weighted by atomic mass is 16.5. The number of carbonyl (C=O) groups is 1. The van der Waals surface area contributed by atoms with Crippen LogP contribution in [-0.4, -0.2) is 34.7 Å². The molecule has 182 valence electrons. The molecule has 1 aliphatic heterocycles. The third-order valence-electron chi connectivity index (χ3n) is 8.34. The molecule has 2 unspecified atom stereocenters. The van der Waals surface area contributed by atoms with E-state index in [9.17, 15) is 14.7 Å². The number of piperidine rings is 1. The summed E-state index contributed by atoms with van der Waals surface area (Å²) in [4.78, 5) is 27.7. The molecule has 1 aromatic heterocycles. The summed E-state index contributed by atoms with van der Waals surface area (Å²) in [5.41, 5.74) is 2.46. The van der Waals surface area contributed by atoms with E-state index in [1.165, 1.54) is 0 Å². The summed E-state index contributed by atoms with van der Waals surface area (Å²) in [5, 5.41) is 12.4. The summed E-state index contributed by atoms with van der Waals surface area (Å²) in [5.74, 6) is 0.435. The molecule has 6 nitrogen and oxygen atoms in total. The molecule has 6 heteroatoms. The van der Waals surface area contributed by atoms with Crippen LogP contribution in [0.25, 0.3) is 11.0 Å². The van der Waals surface area contributed by atoms with Crippen molar-refractivity contribution >= 4 is 16.9 Å². The first-order valence-corrected chi connectivity index (χ1v) is 12.8. The zero-order valence-electron chi connectivity index (χ0n) is 19.9. The van der Waals surface area contributed by atoms with Crippen molar-refractivity contribution in [1.29, 1.82) is 0 Å². The molecule has 1 amide bonds. The quantitative estimate of drug-likeness (QED) is 0.562. The van der Waals surface area contributed by atoms with Gasteiger partial charge in [0.1, 0.15) is 11.3 Å². The molecule has 0 bridgehead atoms. The molecule has 1 N–H and O–H groups in total. The second-order valence-corrected chi connectivity index (χ2v) is 10.3. The second kappa shape index (κ2) is 8.83. The Kier molecular flexibility index (Phi) is 5.64. The molecular formula is C29H31NO5. The molecule has 2 fully saturated rings. The first-order chi connectivity index (χ1) is 17.0. The maximum Gasteiger partial charge on any atom is 0.339 e. The Hall–Kier alpha value is -3.12. The van der Waals surface area contributed by atoms with Gasteiger partial charge in [-0.15, -0.1) is 0 Å². The van der Waals surface area contributed by atoms with Gasteiger partial charge in [-0.05, 0) is 61.8 Å². The number of fused-ring (bicyclic) bond motifs is 4. The molecule has 1 saturated heterocycles. The molecule has 1 saturated carbocycles. The van der Waals surface area contributed by atoms with Gasteiger partial charge in [0.05, 0.1) is 11.6 Å². The smallest absolute Gasteiger partial charge is 0.339 e. The molecule has 0 radical (unpaired) electrons. The number of hydrogen-bond acceptors (Lipinski definition) is 5. The molecule has 3 aliphatic rings. The number of rotatable bonds is 4. The van der Waals surface area contributed by atoms with Crippen molar-refractivity contribution in [2.24, 2.45) is 5.92 Å². The SMILES string of the molecule is O=C(COc1ccc2c3c(c(=O)oc2c1)CCC3)N1CCC2(O)CCCCC2[C@@H]1c1ccccc1. The van der Waals surface area contributed by atoms with Crippen LogP contribution in [0.15, 0.2) is 57.7 Å². The maximum absolute atomic E-state index is 13.5. The molecule has 0 spiro atoms. The first-order valence-electron chi connectivity index (χ1n) is 12.8. The molecule has 35 heavy (non-hydrogen) atoms. The molecule has 2 aliphatic carbocycles. The minimum absolute atomic E-state index is 0.0217. The van der Waals surface area contributed by atoms with Gasteiger partial charge in [0.2, 0.25) is 0 Å². The Labute approximate surface area is 204 Å². The van der Waals surface area contributed by atoms with E-state index in [-0.39, 0.29) is 30.1 Å². The lowest BCUT2D eigenvalue weighted by Crippen LogP contribution is -2.56. The predicted octanol–water partition coefficient (Wildman–Crippen LogP) is 4.56. The van der Waals surface area contributed by atoms with Crippen molar-refractivity contribution in [3.63, 3.8) is 0 Å². The van der Waals surface area contributed by atoms with Crippen LogP contribution < -0.4 is 10.4 Å². The second-order valence-electron chi connectivity index (χ2n) is 10.3. The van der Waals surface area contributed by atoms with E-state index >= 15 is 0 Å². The normalized spacial score (nSPS) is 25.8. The van der Waals surface area contributed by atoms with E-state index in [1.807, 2.05) is 35.2 Å². The minimum Gasteiger partial charge on any atom is -0.484 e. The lowest BCUT2D eigenvalue weighted by molar-refractivity contribution is -0.157. The molecule has 6 rings (SSSR count). The highest BCUT2D eigenvalue weighted by molar-refractivity contribution is 5.83. The molecule has 3 aromatic rings. The molecular weight excluding hydrogens is 442 g/mol. The van der Waals surface area contributed by atoms with E-state index < -0.39 is 5.60 Å². The van der Waals surface area contributed by atoms with Gasteiger partial charge in [-0.1, -0.05) is 43.2 Å². The van der Waals surface area contributed by atoms with Gasteiger partial charge >= 0.3 is 5.63 Å². The van der Waals surface area contributed by atoms with Gasteiger partial charge in [-0.25, -0.2) is 4.79 Å². The Morgan fingerprint density at radius 1 is 1.06 bits per heavy atom. The summed E-state index contributed by atoms with van der Waals surface area (Å²) < 4.78 is 11.5. The summed E-state index contributed by atoms with van der Waals surface area (Å²) in [6.45, 7) is 0.405. The number of benzene rings is 2. The average molecular weight is 474 g/mol. The van der Waals surface area contributed by atoms with Crippen LogP contribution in [-0.2, 0) is 17.6 Å². The van der Waals surface area contributed by atoms with Crippen LogP contribution in [0.5, 0.6) is 5.75 Å². The van der Waals surface area contributed by atoms with Gasteiger partial charge < -0.3 is 19.2 Å². The van der Waals surface area contributed by atoms with Gasteiger partial charge in [-0.2, -0.15) is 0 Å². The standard InChI is InChI=1S/C29H31NO5/c31-26(18-34-20-12-13-22-21-9-6-10-23(21)28(32)35-25(22)17-20)30-16-15-29(33)14-5-4-11-24(29)27(30)19-7-2-1-3-8-19/h1-3,7-8,12-13,17,24,27,33H,4-6,9-11,14-16,18H2/t24?,27-,29?/m0/s1. The lowest BCUT2D eigenvalue weighted by atomic mass is 9.66. The van der Waals surface area contributed by atoms with Crippen LogP contribution >= 0.6 is 0 Å². The van der Waals surface area contributed by atoms with Crippen molar-refractivity contribution < 1.29 is 19.1 Å². The highest BCUT2D eigenvalue weighted by Gasteiger charge is 2.50. The zero-order valence-corrected chi connectivity index (χ0v) is 19.9. The summed E-state index contributed by atoms with van der Waals surface area (Å²) >= 11 is 0. The predicted molar refractivity (Wildman–Crippen MR) is 132 cm³/mol. The van der Waals surface area contributed by atoms with Gasteiger partial charge in [0.15, 0.2) is 6.61 Å². The number of aliphatic hydroxyl groups is 1. The summed E-state index contributed by atoms with van der Waals surface area (Å²) in [6.07, 6.45) is 7.04. The Morgan fingerprint density at radius 3 is 2.74 bits per heavy atom. The van der Waals surface area contributed by atoms with E-state index in [4.69, 9.17) is 9.15 Å². The number of ether oxygens (including phenoxy) is 1. The van der Waals surface area contributed by atoms with Gasteiger partial charge in [0.25, 0.3) is 5.91 Å². The van der Waals surface area contributed by atoms with Crippen molar-refractivity contribution in [1.82, 2.24) is 4.90 Å². The van der Waals surface area contributed by atoms with Crippen LogP contribution in [0.3, 0.4) is 0 Å². The number of nitrogens with zero attached hydrogens (tertiary/aromatic N) is 1. The largest absolute Gasteiger partial charge is 0.484 e. The first kappa shape index (κ1) is 22.4. The third kappa shape index (κ3) is 3.94. The monoisotopic (exact) mass is 473 g/mol. The third-order valence-corrected chi connectivity index (χ3v) is 8.34. The summed E-state index contributed by atoms with van der Waals surface area (Å²) in [6, 6.07) is 15.4. The Morgan fingerprint density at radius 2 is 1.89 bits per heavy atom. The molecule has 2 aromatic carbocycles. The Balaban J connectivity index is 1.24. The van der Waals surface area contributed by atoms with E-state index in [2.05, 4.69) is 12.1 Å². The number of carbonyl (C=O) groups excluding carboxylic acids is 1. The Bertz CT molecular complexity index is 1320. The maximum atomic E-state index is 13.5. The van der Waals surface area contributed by atoms with Crippen molar-refractivity contribution in [3.05, 3.63) is 75.6 Å². The number of amides is 1. The van der Waals surface area contributed by atoms with Crippen LogP contribution in [0.1, 0.15) is 61.3 Å². The molecule has 3 atom stereocenters. The minimum atomic E-state index is -0.716. The van der Waals surface area contributed by atoms with Crippen molar-refractivity contribution in [2.45, 2.75) is 63.0 Å². The van der Waals surface area contributed by atoms with Crippen LogP contribution in [0.2, 0.25) is 0 Å².